The highest BCUT2D eigenvalue weighted by atomic mass is 16.3. The van der Waals surface area contributed by atoms with Crippen molar-refractivity contribution in [2.45, 2.75) is 39.7 Å². The molecular weight excluding hydrogens is 254 g/mol. The summed E-state index contributed by atoms with van der Waals surface area (Å²) in [6.07, 6.45) is 0.541. The molecule has 0 saturated heterocycles. The summed E-state index contributed by atoms with van der Waals surface area (Å²) in [7, 11) is 0. The third-order valence-corrected chi connectivity index (χ3v) is 3.47. The molecule has 1 aromatic carbocycles. The number of fused-ring (bicyclic) bond motifs is 1. The zero-order chi connectivity index (χ0) is 15.1. The van der Waals surface area contributed by atoms with Gasteiger partial charge in [-0.25, -0.2) is 0 Å². The van der Waals surface area contributed by atoms with Crippen LogP contribution in [0.3, 0.4) is 0 Å². The van der Waals surface area contributed by atoms with Crippen molar-refractivity contribution < 1.29 is 14.7 Å². The van der Waals surface area contributed by atoms with Crippen LogP contribution in [0, 0.1) is 12.8 Å². The minimum Gasteiger partial charge on any atom is -0.388 e. The summed E-state index contributed by atoms with van der Waals surface area (Å²) >= 11 is 0. The Labute approximate surface area is 119 Å². The minimum absolute atomic E-state index is 0.0383. The molecule has 0 aliphatic carbocycles. The zero-order valence-corrected chi connectivity index (χ0v) is 12.4. The van der Waals surface area contributed by atoms with E-state index in [1.165, 1.54) is 0 Å². The summed E-state index contributed by atoms with van der Waals surface area (Å²) in [5, 5.41) is 10.4. The van der Waals surface area contributed by atoms with E-state index in [4.69, 9.17) is 0 Å². The fourth-order valence-corrected chi connectivity index (χ4v) is 2.83. The quantitative estimate of drug-likeness (QED) is 0.858. The number of amides is 2. The molecule has 0 fully saturated rings. The van der Waals surface area contributed by atoms with Crippen LogP contribution in [0.25, 0.3) is 0 Å². The van der Waals surface area contributed by atoms with E-state index in [1.807, 2.05) is 26.8 Å². The number of carbonyl (C=O) groups is 2. The van der Waals surface area contributed by atoms with E-state index in [9.17, 15) is 14.7 Å². The number of β-amino-alcohol motifs (C(OH)–C–C–N with tert-alkyl or cyclic N) is 1. The minimum atomic E-state index is -1.06. The highest BCUT2D eigenvalue weighted by Crippen LogP contribution is 2.27. The third kappa shape index (κ3) is 2.75. The number of imide groups is 1. The van der Waals surface area contributed by atoms with Gasteiger partial charge in [0.1, 0.15) is 0 Å². The lowest BCUT2D eigenvalue weighted by Crippen LogP contribution is -2.44. The Balaban J connectivity index is 2.25. The maximum Gasteiger partial charge on any atom is 0.261 e. The van der Waals surface area contributed by atoms with Crippen LogP contribution in [0.15, 0.2) is 18.2 Å². The van der Waals surface area contributed by atoms with Crippen molar-refractivity contribution in [1.29, 1.82) is 0 Å². The monoisotopic (exact) mass is 275 g/mol. The van der Waals surface area contributed by atoms with Crippen LogP contribution in [0.1, 0.15) is 53.5 Å². The van der Waals surface area contributed by atoms with Crippen LogP contribution in [-0.4, -0.2) is 34.0 Å². The molecule has 2 rings (SSSR count). The Kier molecular flexibility index (Phi) is 3.69. The molecule has 1 aliphatic heterocycles. The van der Waals surface area contributed by atoms with Gasteiger partial charge >= 0.3 is 0 Å². The molecule has 108 valence electrons. The largest absolute Gasteiger partial charge is 0.388 e. The summed E-state index contributed by atoms with van der Waals surface area (Å²) in [6, 6.07) is 5.23. The Morgan fingerprint density at radius 1 is 1.20 bits per heavy atom. The number of rotatable bonds is 4. The van der Waals surface area contributed by atoms with Gasteiger partial charge in [-0.3, -0.25) is 14.5 Å². The molecule has 1 unspecified atom stereocenters. The van der Waals surface area contributed by atoms with Crippen LogP contribution >= 0.6 is 0 Å². The van der Waals surface area contributed by atoms with E-state index in [2.05, 4.69) is 0 Å². The van der Waals surface area contributed by atoms with Crippen molar-refractivity contribution >= 4 is 11.8 Å². The molecule has 4 heteroatoms. The van der Waals surface area contributed by atoms with Gasteiger partial charge in [-0.1, -0.05) is 25.5 Å². The third-order valence-electron chi connectivity index (χ3n) is 3.47. The van der Waals surface area contributed by atoms with E-state index in [-0.39, 0.29) is 18.4 Å². The number of hydrogen-bond donors (Lipinski definition) is 1. The fraction of sp³-hybridized carbons (Fsp3) is 0.500. The Morgan fingerprint density at radius 3 is 2.40 bits per heavy atom. The standard InChI is InChI=1S/C16H21NO3/c1-10(2)8-16(4,20)9-17-14(18)12-6-5-11(3)7-13(12)15(17)19/h5-7,10,20H,8-9H2,1-4H3. The smallest absolute Gasteiger partial charge is 0.261 e. The first kappa shape index (κ1) is 14.7. The number of aryl methyl sites for hydroxylation is 1. The van der Waals surface area contributed by atoms with Crippen LogP contribution in [0.2, 0.25) is 0 Å². The Morgan fingerprint density at radius 2 is 1.80 bits per heavy atom. The Hall–Kier alpha value is -1.68. The average molecular weight is 275 g/mol. The van der Waals surface area contributed by atoms with Crippen molar-refractivity contribution in [3.8, 4) is 0 Å². The lowest BCUT2D eigenvalue weighted by Gasteiger charge is -2.29. The van der Waals surface area contributed by atoms with Gasteiger partial charge in [0.15, 0.2) is 0 Å². The van der Waals surface area contributed by atoms with Gasteiger partial charge in [0, 0.05) is 0 Å². The van der Waals surface area contributed by atoms with Gasteiger partial charge < -0.3 is 5.11 Å². The average Bonchev–Trinajstić information content (AvgIpc) is 2.52. The summed E-state index contributed by atoms with van der Waals surface area (Å²) in [6.45, 7) is 7.59. The van der Waals surface area contributed by atoms with Crippen molar-refractivity contribution in [2.75, 3.05) is 6.54 Å². The van der Waals surface area contributed by atoms with E-state index in [0.29, 0.717) is 23.5 Å². The molecule has 0 bridgehead atoms. The lowest BCUT2D eigenvalue weighted by molar-refractivity contribution is 0.00697. The molecule has 2 amide bonds. The summed E-state index contributed by atoms with van der Waals surface area (Å²) in [5.41, 5.74) is 0.758. The van der Waals surface area contributed by atoms with Crippen LogP contribution in [0.4, 0.5) is 0 Å². The second-order valence-electron chi connectivity index (χ2n) is 6.34. The van der Waals surface area contributed by atoms with Crippen molar-refractivity contribution in [3.05, 3.63) is 34.9 Å². The van der Waals surface area contributed by atoms with Gasteiger partial charge in [0.25, 0.3) is 11.8 Å². The normalized spacial score (nSPS) is 17.6. The molecular formula is C16H21NO3. The maximum atomic E-state index is 12.3. The summed E-state index contributed by atoms with van der Waals surface area (Å²) in [4.78, 5) is 25.8. The number of aliphatic hydroxyl groups is 1. The van der Waals surface area contributed by atoms with Gasteiger partial charge in [0.2, 0.25) is 0 Å². The molecule has 1 heterocycles. The van der Waals surface area contributed by atoms with Crippen molar-refractivity contribution in [3.63, 3.8) is 0 Å². The highest BCUT2D eigenvalue weighted by molar-refractivity contribution is 6.21. The number of carbonyl (C=O) groups excluding carboxylic acids is 2. The second-order valence-corrected chi connectivity index (χ2v) is 6.34. The fourth-order valence-electron chi connectivity index (χ4n) is 2.83. The van der Waals surface area contributed by atoms with Crippen molar-refractivity contribution in [1.82, 2.24) is 4.90 Å². The molecule has 1 aromatic rings. The van der Waals surface area contributed by atoms with E-state index in [0.717, 1.165) is 10.5 Å². The van der Waals surface area contributed by atoms with Crippen LogP contribution < -0.4 is 0 Å². The maximum absolute atomic E-state index is 12.3. The molecule has 1 atom stereocenters. The number of hydrogen-bond acceptors (Lipinski definition) is 3. The molecule has 4 nitrogen and oxygen atoms in total. The van der Waals surface area contributed by atoms with E-state index >= 15 is 0 Å². The van der Waals surface area contributed by atoms with Gasteiger partial charge in [0.05, 0.1) is 23.3 Å². The van der Waals surface area contributed by atoms with Gasteiger partial charge in [-0.2, -0.15) is 0 Å². The first-order chi connectivity index (χ1) is 9.21. The SMILES string of the molecule is Cc1ccc2c(c1)C(=O)N(CC(C)(O)CC(C)C)C2=O. The first-order valence-corrected chi connectivity index (χ1v) is 6.90. The molecule has 0 radical (unpaired) electrons. The van der Waals surface area contributed by atoms with Crippen molar-refractivity contribution in [2.24, 2.45) is 5.92 Å². The summed E-state index contributed by atoms with van der Waals surface area (Å²) in [5.74, 6) is -0.325. The van der Waals surface area contributed by atoms with E-state index in [1.54, 1.807) is 19.1 Å². The molecule has 0 saturated carbocycles. The van der Waals surface area contributed by atoms with E-state index < -0.39 is 5.60 Å². The number of benzene rings is 1. The van der Waals surface area contributed by atoms with Crippen LogP contribution in [0.5, 0.6) is 0 Å². The Bertz CT molecular complexity index is 561. The molecule has 0 aromatic heterocycles. The molecule has 0 spiro atoms. The van der Waals surface area contributed by atoms with Gasteiger partial charge in [-0.05, 0) is 38.3 Å². The molecule has 1 N–H and O–H groups in total. The molecule has 1 aliphatic rings. The molecule has 20 heavy (non-hydrogen) atoms. The zero-order valence-electron chi connectivity index (χ0n) is 12.4. The predicted molar refractivity (Wildman–Crippen MR) is 76.6 cm³/mol. The topological polar surface area (TPSA) is 57.6 Å². The lowest BCUT2D eigenvalue weighted by atomic mass is 9.94. The van der Waals surface area contributed by atoms with Gasteiger partial charge in [-0.15, -0.1) is 0 Å². The first-order valence-electron chi connectivity index (χ1n) is 6.90. The van der Waals surface area contributed by atoms with Crippen LogP contribution in [-0.2, 0) is 0 Å². The highest BCUT2D eigenvalue weighted by Gasteiger charge is 2.39. The number of nitrogens with zero attached hydrogens (tertiary/aromatic N) is 1. The summed E-state index contributed by atoms with van der Waals surface area (Å²) < 4.78 is 0. The predicted octanol–water partition coefficient (Wildman–Crippen LogP) is 2.39. The second kappa shape index (κ2) is 5.02.